The summed E-state index contributed by atoms with van der Waals surface area (Å²) in [5.74, 6) is -0.765. The maximum absolute atomic E-state index is 13.5. The van der Waals surface area contributed by atoms with Crippen molar-refractivity contribution in [2.45, 2.75) is 45.7 Å². The third-order valence-corrected chi connectivity index (χ3v) is 7.16. The molecule has 0 radical (unpaired) electrons. The number of hydrogen-bond acceptors (Lipinski definition) is 4. The highest BCUT2D eigenvalue weighted by atomic mass is 35.5. The summed E-state index contributed by atoms with van der Waals surface area (Å²) in [4.78, 5) is 27.9. The van der Waals surface area contributed by atoms with E-state index in [2.05, 4.69) is 5.32 Å². The molecule has 7 nitrogen and oxygen atoms in total. The van der Waals surface area contributed by atoms with Crippen molar-refractivity contribution in [2.24, 2.45) is 0 Å². The Morgan fingerprint density at radius 3 is 2.26 bits per heavy atom. The molecule has 0 aliphatic rings. The highest BCUT2D eigenvalue weighted by Crippen LogP contribution is 2.28. The van der Waals surface area contributed by atoms with Crippen LogP contribution in [0.4, 0.5) is 5.69 Å². The lowest BCUT2D eigenvalue weighted by atomic mass is 10.1. The molecule has 2 rings (SSSR count). The van der Waals surface area contributed by atoms with Gasteiger partial charge in [-0.25, -0.2) is 8.42 Å². The highest BCUT2D eigenvalue weighted by Gasteiger charge is 2.31. The lowest BCUT2D eigenvalue weighted by molar-refractivity contribution is -0.140. The number of nitrogens with one attached hydrogen (secondary N) is 1. The molecule has 0 aliphatic carbocycles. The number of unbranched alkanes of at least 4 members (excludes halogenated alkanes) is 1. The van der Waals surface area contributed by atoms with Gasteiger partial charge in [0.05, 0.1) is 22.0 Å². The Kier molecular flexibility index (Phi) is 10.7. The predicted molar refractivity (Wildman–Crippen MR) is 138 cm³/mol. The molecule has 186 valence electrons. The van der Waals surface area contributed by atoms with Crippen LogP contribution < -0.4 is 9.62 Å². The number of nitrogens with zero attached hydrogens (tertiary/aromatic N) is 2. The first-order valence-electron chi connectivity index (χ1n) is 11.1. The van der Waals surface area contributed by atoms with Gasteiger partial charge in [-0.05, 0) is 36.6 Å². The fraction of sp³-hybridized carbons (Fsp3) is 0.417. The molecule has 0 aliphatic heterocycles. The molecule has 1 unspecified atom stereocenters. The number of carbonyl (C=O) groups is 2. The lowest BCUT2D eigenvalue weighted by Crippen LogP contribution is -2.52. The summed E-state index contributed by atoms with van der Waals surface area (Å²) >= 11 is 12.1. The minimum Gasteiger partial charge on any atom is -0.354 e. The van der Waals surface area contributed by atoms with Crippen molar-refractivity contribution in [3.8, 4) is 0 Å². The molecule has 0 spiro atoms. The number of amides is 2. The van der Waals surface area contributed by atoms with Crippen molar-refractivity contribution >= 4 is 50.7 Å². The highest BCUT2D eigenvalue weighted by molar-refractivity contribution is 7.92. The van der Waals surface area contributed by atoms with Crippen LogP contribution >= 0.6 is 23.2 Å². The van der Waals surface area contributed by atoms with Gasteiger partial charge in [-0.2, -0.15) is 0 Å². The van der Waals surface area contributed by atoms with E-state index in [-0.39, 0.29) is 28.2 Å². The first-order valence-corrected chi connectivity index (χ1v) is 13.7. The first-order chi connectivity index (χ1) is 16.1. The van der Waals surface area contributed by atoms with Crippen molar-refractivity contribution in [3.63, 3.8) is 0 Å². The maximum atomic E-state index is 13.5. The van der Waals surface area contributed by atoms with E-state index < -0.39 is 28.5 Å². The molecule has 0 bridgehead atoms. The van der Waals surface area contributed by atoms with Crippen LogP contribution in [0.25, 0.3) is 0 Å². The van der Waals surface area contributed by atoms with Crippen LogP contribution in [-0.4, -0.2) is 50.5 Å². The van der Waals surface area contributed by atoms with Crippen LogP contribution in [-0.2, 0) is 26.2 Å². The number of hydrogen-bond donors (Lipinski definition) is 1. The van der Waals surface area contributed by atoms with Gasteiger partial charge >= 0.3 is 0 Å². The van der Waals surface area contributed by atoms with Gasteiger partial charge in [0.2, 0.25) is 21.8 Å². The summed E-state index contributed by atoms with van der Waals surface area (Å²) in [6.45, 7) is 4.04. The van der Waals surface area contributed by atoms with E-state index in [4.69, 9.17) is 23.2 Å². The van der Waals surface area contributed by atoms with E-state index in [1.807, 2.05) is 44.2 Å². The Morgan fingerprint density at radius 1 is 1.03 bits per heavy atom. The zero-order chi connectivity index (χ0) is 25.3. The van der Waals surface area contributed by atoms with Gasteiger partial charge in [0, 0.05) is 13.1 Å². The molecular weight excluding hydrogens is 497 g/mol. The van der Waals surface area contributed by atoms with E-state index in [0.29, 0.717) is 13.0 Å². The molecule has 0 fully saturated rings. The topological polar surface area (TPSA) is 86.8 Å². The molecule has 10 heteroatoms. The van der Waals surface area contributed by atoms with Crippen molar-refractivity contribution < 1.29 is 18.0 Å². The zero-order valence-electron chi connectivity index (χ0n) is 19.6. The van der Waals surface area contributed by atoms with Crippen LogP contribution in [0.15, 0.2) is 48.5 Å². The predicted octanol–water partition coefficient (Wildman–Crippen LogP) is 4.48. The summed E-state index contributed by atoms with van der Waals surface area (Å²) < 4.78 is 26.2. The van der Waals surface area contributed by atoms with E-state index >= 15 is 0 Å². The molecule has 34 heavy (non-hydrogen) atoms. The molecule has 1 N–H and O–H groups in total. The lowest BCUT2D eigenvalue weighted by Gasteiger charge is -2.33. The van der Waals surface area contributed by atoms with Crippen LogP contribution in [0.3, 0.4) is 0 Å². The minimum absolute atomic E-state index is 0.165. The van der Waals surface area contributed by atoms with Crippen LogP contribution in [0.5, 0.6) is 0 Å². The monoisotopic (exact) mass is 527 g/mol. The second kappa shape index (κ2) is 13.0. The summed E-state index contributed by atoms with van der Waals surface area (Å²) in [5.41, 5.74) is 1.04. The molecule has 1 atom stereocenters. The maximum Gasteiger partial charge on any atom is 0.244 e. The quantitative estimate of drug-likeness (QED) is 0.412. The normalized spacial score (nSPS) is 12.1. The van der Waals surface area contributed by atoms with Gasteiger partial charge in [-0.15, -0.1) is 0 Å². The van der Waals surface area contributed by atoms with Crippen molar-refractivity contribution in [1.29, 1.82) is 0 Å². The minimum atomic E-state index is -3.84. The van der Waals surface area contributed by atoms with E-state index in [1.54, 1.807) is 0 Å². The Morgan fingerprint density at radius 2 is 1.71 bits per heavy atom. The molecule has 2 aromatic rings. The van der Waals surface area contributed by atoms with Crippen LogP contribution in [0, 0.1) is 0 Å². The number of anilines is 1. The third kappa shape index (κ3) is 7.89. The molecule has 0 saturated carbocycles. The second-order valence-corrected chi connectivity index (χ2v) is 10.7. The van der Waals surface area contributed by atoms with Crippen molar-refractivity contribution in [3.05, 3.63) is 64.1 Å². The Hall–Kier alpha value is -2.29. The van der Waals surface area contributed by atoms with Crippen LogP contribution in [0.2, 0.25) is 10.0 Å². The first kappa shape index (κ1) is 28.0. The average Bonchev–Trinajstić information content (AvgIpc) is 2.79. The second-order valence-electron chi connectivity index (χ2n) is 7.94. The molecular formula is C24H31Cl2N3O4S. The molecule has 2 amide bonds. The smallest absolute Gasteiger partial charge is 0.244 e. The Labute approximate surface area is 212 Å². The summed E-state index contributed by atoms with van der Waals surface area (Å²) in [5, 5.41) is 3.33. The van der Waals surface area contributed by atoms with Gasteiger partial charge < -0.3 is 10.2 Å². The fourth-order valence-corrected chi connectivity index (χ4v) is 4.59. The van der Waals surface area contributed by atoms with Crippen molar-refractivity contribution in [1.82, 2.24) is 10.2 Å². The molecule has 0 heterocycles. The van der Waals surface area contributed by atoms with E-state index in [0.717, 1.165) is 29.0 Å². The SMILES string of the molecule is CCCCNC(=O)C(CC)N(Cc1ccccc1)C(=O)CN(c1ccc(Cl)c(Cl)c1)S(C)(=O)=O. The fourth-order valence-electron chi connectivity index (χ4n) is 3.46. The van der Waals surface area contributed by atoms with Crippen LogP contribution in [0.1, 0.15) is 38.7 Å². The number of sulfonamides is 1. The standard InChI is InChI=1S/C24H31Cl2N3O4S/c1-4-6-14-27-24(31)22(5-2)28(16-18-10-8-7-9-11-18)23(30)17-29(34(3,32)33)19-12-13-20(25)21(26)15-19/h7-13,15,22H,4-6,14,16-17H2,1-3H3,(H,27,31). The third-order valence-electron chi connectivity index (χ3n) is 5.28. The van der Waals surface area contributed by atoms with Gasteiger partial charge in [0.25, 0.3) is 0 Å². The van der Waals surface area contributed by atoms with Gasteiger partial charge in [-0.3, -0.25) is 13.9 Å². The molecule has 0 saturated heterocycles. The summed E-state index contributed by atoms with van der Waals surface area (Å²) in [7, 11) is -3.84. The van der Waals surface area contributed by atoms with E-state index in [1.165, 1.54) is 23.1 Å². The van der Waals surface area contributed by atoms with Gasteiger partial charge in [0.15, 0.2) is 0 Å². The Balaban J connectivity index is 2.39. The van der Waals surface area contributed by atoms with Crippen molar-refractivity contribution in [2.75, 3.05) is 23.7 Å². The summed E-state index contributed by atoms with van der Waals surface area (Å²) in [6.07, 6.45) is 3.14. The van der Waals surface area contributed by atoms with Gasteiger partial charge in [0.1, 0.15) is 12.6 Å². The van der Waals surface area contributed by atoms with E-state index in [9.17, 15) is 18.0 Å². The van der Waals surface area contributed by atoms with Gasteiger partial charge in [-0.1, -0.05) is 73.8 Å². The Bertz CT molecular complexity index is 1080. The number of carbonyl (C=O) groups excluding carboxylic acids is 2. The summed E-state index contributed by atoms with van der Waals surface area (Å²) in [6, 6.07) is 12.9. The number of rotatable bonds is 12. The zero-order valence-corrected chi connectivity index (χ0v) is 22.0. The molecule has 2 aromatic carbocycles. The average molecular weight is 529 g/mol. The largest absolute Gasteiger partial charge is 0.354 e. The molecule has 0 aromatic heterocycles. The number of benzene rings is 2. The number of halogens is 2.